The van der Waals surface area contributed by atoms with Gasteiger partial charge in [-0.2, -0.15) is 0 Å². The van der Waals surface area contributed by atoms with E-state index in [0.29, 0.717) is 24.6 Å². The minimum Gasteiger partial charge on any atom is -0.504 e. The molecule has 0 aromatic heterocycles. The highest BCUT2D eigenvalue weighted by Gasteiger charge is 2.21. The molecule has 0 aliphatic carbocycles. The highest BCUT2D eigenvalue weighted by atomic mass is 19.2. The predicted molar refractivity (Wildman–Crippen MR) is 97.6 cm³/mol. The van der Waals surface area contributed by atoms with Crippen LogP contribution < -0.4 is 10.1 Å². The molecule has 1 aliphatic heterocycles. The fourth-order valence-corrected chi connectivity index (χ4v) is 3.35. The van der Waals surface area contributed by atoms with Gasteiger partial charge in [-0.05, 0) is 44.5 Å². The van der Waals surface area contributed by atoms with Crippen LogP contribution in [0.4, 0.5) is 14.5 Å². The number of phenols is 1. The van der Waals surface area contributed by atoms with Crippen molar-refractivity contribution in [3.05, 3.63) is 53.6 Å². The lowest BCUT2D eigenvalue weighted by molar-refractivity contribution is 0.205. The Kier molecular flexibility index (Phi) is 5.93. The zero-order chi connectivity index (χ0) is 18.5. The van der Waals surface area contributed by atoms with Gasteiger partial charge >= 0.3 is 0 Å². The molecule has 0 amide bonds. The molecule has 2 aromatic carbocycles. The van der Waals surface area contributed by atoms with Crippen molar-refractivity contribution in [2.24, 2.45) is 0 Å². The van der Waals surface area contributed by atoms with Gasteiger partial charge in [-0.15, -0.1) is 0 Å². The molecule has 0 bridgehead atoms. The van der Waals surface area contributed by atoms with Gasteiger partial charge in [-0.1, -0.05) is 12.1 Å². The van der Waals surface area contributed by atoms with Crippen LogP contribution in [0.3, 0.4) is 0 Å². The standard InChI is InChI=1S/C20H24F2N2O2/c1-2-26-19-7-3-5-14(20(19)25)12-24-10-4-6-16(13-24)23-15-8-9-17(21)18(22)11-15/h3,5,7-9,11,16,23,25H,2,4,6,10,12-13H2,1H3/t16-/m0/s1. The quantitative estimate of drug-likeness (QED) is 0.810. The van der Waals surface area contributed by atoms with Crippen LogP contribution in [-0.2, 0) is 6.54 Å². The van der Waals surface area contributed by atoms with Crippen LogP contribution in [0.25, 0.3) is 0 Å². The summed E-state index contributed by atoms with van der Waals surface area (Å²) in [6.45, 7) is 4.68. The summed E-state index contributed by atoms with van der Waals surface area (Å²) in [4.78, 5) is 2.24. The van der Waals surface area contributed by atoms with E-state index in [1.165, 1.54) is 6.07 Å². The molecule has 1 atom stereocenters. The first-order valence-corrected chi connectivity index (χ1v) is 8.94. The topological polar surface area (TPSA) is 44.7 Å². The van der Waals surface area contributed by atoms with E-state index in [4.69, 9.17) is 4.74 Å². The van der Waals surface area contributed by atoms with Crippen molar-refractivity contribution >= 4 is 5.69 Å². The first-order valence-electron chi connectivity index (χ1n) is 8.94. The zero-order valence-corrected chi connectivity index (χ0v) is 14.8. The number of rotatable bonds is 6. The van der Waals surface area contributed by atoms with Crippen molar-refractivity contribution in [1.29, 1.82) is 0 Å². The van der Waals surface area contributed by atoms with Crippen molar-refractivity contribution in [2.75, 3.05) is 25.0 Å². The molecule has 2 aromatic rings. The van der Waals surface area contributed by atoms with Crippen LogP contribution in [0.15, 0.2) is 36.4 Å². The highest BCUT2D eigenvalue weighted by molar-refractivity contribution is 5.46. The average Bonchev–Trinajstić information content (AvgIpc) is 2.62. The molecular formula is C20H24F2N2O2. The van der Waals surface area contributed by atoms with Gasteiger partial charge in [-0.3, -0.25) is 4.90 Å². The summed E-state index contributed by atoms with van der Waals surface area (Å²) in [6.07, 6.45) is 1.95. The Bertz CT molecular complexity index is 755. The van der Waals surface area contributed by atoms with Crippen LogP contribution in [0.2, 0.25) is 0 Å². The molecule has 140 valence electrons. The maximum Gasteiger partial charge on any atom is 0.162 e. The molecule has 4 nitrogen and oxygen atoms in total. The molecule has 3 rings (SSSR count). The van der Waals surface area contributed by atoms with Crippen LogP contribution in [-0.4, -0.2) is 35.7 Å². The van der Waals surface area contributed by atoms with Crippen molar-refractivity contribution in [2.45, 2.75) is 32.4 Å². The molecule has 6 heteroatoms. The third kappa shape index (κ3) is 4.43. The third-order valence-electron chi connectivity index (χ3n) is 4.57. The molecule has 1 aliphatic rings. The molecule has 0 radical (unpaired) electrons. The predicted octanol–water partition coefficient (Wildman–Crippen LogP) is 4.15. The van der Waals surface area contributed by atoms with Gasteiger partial charge in [-0.25, -0.2) is 8.78 Å². The van der Waals surface area contributed by atoms with Crippen molar-refractivity contribution in [3.63, 3.8) is 0 Å². The van der Waals surface area contributed by atoms with Gasteiger partial charge in [0.15, 0.2) is 23.1 Å². The molecule has 26 heavy (non-hydrogen) atoms. The monoisotopic (exact) mass is 362 g/mol. The van der Waals surface area contributed by atoms with Crippen molar-refractivity contribution in [1.82, 2.24) is 4.90 Å². The van der Waals surface area contributed by atoms with E-state index in [-0.39, 0.29) is 11.8 Å². The van der Waals surface area contributed by atoms with Crippen LogP contribution >= 0.6 is 0 Å². The van der Waals surface area contributed by atoms with Crippen LogP contribution in [0.5, 0.6) is 11.5 Å². The van der Waals surface area contributed by atoms with Crippen molar-refractivity contribution in [3.8, 4) is 11.5 Å². The molecular weight excluding hydrogens is 338 g/mol. The second-order valence-corrected chi connectivity index (χ2v) is 6.54. The smallest absolute Gasteiger partial charge is 0.162 e. The van der Waals surface area contributed by atoms with Gasteiger partial charge in [0.2, 0.25) is 0 Å². The van der Waals surface area contributed by atoms with Crippen molar-refractivity contribution < 1.29 is 18.6 Å². The Morgan fingerprint density at radius 2 is 2.08 bits per heavy atom. The van der Waals surface area contributed by atoms with E-state index in [1.807, 2.05) is 19.1 Å². The number of likely N-dealkylation sites (tertiary alicyclic amines) is 1. The number of anilines is 1. The summed E-state index contributed by atoms with van der Waals surface area (Å²) >= 11 is 0. The number of hydrogen-bond acceptors (Lipinski definition) is 4. The van der Waals surface area contributed by atoms with E-state index in [0.717, 1.165) is 37.6 Å². The number of nitrogens with one attached hydrogen (secondary N) is 1. The molecule has 1 saturated heterocycles. The molecule has 0 saturated carbocycles. The lowest BCUT2D eigenvalue weighted by atomic mass is 10.0. The minimum absolute atomic E-state index is 0.144. The Balaban J connectivity index is 1.63. The second kappa shape index (κ2) is 8.36. The fourth-order valence-electron chi connectivity index (χ4n) is 3.35. The maximum absolute atomic E-state index is 13.4. The largest absolute Gasteiger partial charge is 0.504 e. The van der Waals surface area contributed by atoms with E-state index < -0.39 is 11.6 Å². The lowest BCUT2D eigenvalue weighted by Crippen LogP contribution is -2.41. The molecule has 0 spiro atoms. The van der Waals surface area contributed by atoms with Crippen LogP contribution in [0.1, 0.15) is 25.3 Å². The number of benzene rings is 2. The Hall–Kier alpha value is -2.34. The summed E-state index contributed by atoms with van der Waals surface area (Å²) in [5.41, 5.74) is 1.40. The van der Waals surface area contributed by atoms with Crippen LogP contribution in [0, 0.1) is 11.6 Å². The minimum atomic E-state index is -0.847. The summed E-state index contributed by atoms with van der Waals surface area (Å²) in [5.74, 6) is -1.01. The zero-order valence-electron chi connectivity index (χ0n) is 14.8. The fraction of sp³-hybridized carbons (Fsp3) is 0.400. The molecule has 1 heterocycles. The van der Waals surface area contributed by atoms with E-state index in [2.05, 4.69) is 10.2 Å². The number of para-hydroxylation sites is 1. The molecule has 1 fully saturated rings. The average molecular weight is 362 g/mol. The van der Waals surface area contributed by atoms with Gasteiger partial charge in [0.25, 0.3) is 0 Å². The van der Waals surface area contributed by atoms with Gasteiger partial charge < -0.3 is 15.2 Å². The van der Waals surface area contributed by atoms with E-state index in [1.54, 1.807) is 12.1 Å². The second-order valence-electron chi connectivity index (χ2n) is 6.54. The molecule has 0 unspecified atom stereocenters. The summed E-state index contributed by atoms with van der Waals surface area (Å²) in [7, 11) is 0. The number of hydrogen-bond donors (Lipinski definition) is 2. The number of nitrogens with zero attached hydrogens (tertiary/aromatic N) is 1. The maximum atomic E-state index is 13.4. The number of phenolic OH excluding ortho intramolecular Hbond substituents is 1. The SMILES string of the molecule is CCOc1cccc(CN2CCC[C@H](Nc3ccc(F)c(F)c3)C2)c1O. The van der Waals surface area contributed by atoms with Gasteiger partial charge in [0.05, 0.1) is 6.61 Å². The Labute approximate surface area is 152 Å². The normalized spacial score (nSPS) is 17.9. The number of halogens is 2. The summed E-state index contributed by atoms with van der Waals surface area (Å²) in [6, 6.07) is 9.54. The van der Waals surface area contributed by atoms with Gasteiger partial charge in [0.1, 0.15) is 0 Å². The number of ether oxygens (including phenoxy) is 1. The lowest BCUT2D eigenvalue weighted by Gasteiger charge is -2.34. The van der Waals surface area contributed by atoms with E-state index >= 15 is 0 Å². The third-order valence-corrected chi connectivity index (χ3v) is 4.57. The van der Waals surface area contributed by atoms with E-state index in [9.17, 15) is 13.9 Å². The Morgan fingerprint density at radius 1 is 1.23 bits per heavy atom. The number of piperidine rings is 1. The summed E-state index contributed by atoms with van der Waals surface area (Å²) in [5, 5.41) is 13.6. The highest BCUT2D eigenvalue weighted by Crippen LogP contribution is 2.31. The first kappa shape index (κ1) is 18.5. The first-order chi connectivity index (χ1) is 12.6. The number of aromatic hydroxyl groups is 1. The Morgan fingerprint density at radius 3 is 2.85 bits per heavy atom. The summed E-state index contributed by atoms with van der Waals surface area (Å²) < 4.78 is 31.9. The van der Waals surface area contributed by atoms with Gasteiger partial charge in [0, 0.05) is 36.4 Å². The molecule has 2 N–H and O–H groups in total.